The Balaban J connectivity index is 1.14. The molecule has 4 aliphatic heterocycles. The van der Waals surface area contributed by atoms with Gasteiger partial charge < -0.3 is 25.7 Å². The predicted octanol–water partition coefficient (Wildman–Crippen LogP) is 7.38. The molecule has 4 aromatic carbocycles. The van der Waals surface area contributed by atoms with Gasteiger partial charge in [-0.15, -0.1) is 5.06 Å². The topological polar surface area (TPSA) is 429 Å². The van der Waals surface area contributed by atoms with E-state index in [0.29, 0.717) is 122 Å². The van der Waals surface area contributed by atoms with E-state index in [2.05, 4.69) is 16.0 Å². The molecule has 4 aliphatic rings. The molecule has 0 saturated carbocycles. The molecule has 0 radical (unpaired) electrons. The normalized spacial score (nSPS) is 21.0. The second-order valence-corrected chi connectivity index (χ2v) is 32.5. The summed E-state index contributed by atoms with van der Waals surface area (Å²) in [6.45, 7) is 6.28. The van der Waals surface area contributed by atoms with Gasteiger partial charge in [0.2, 0.25) is 23.4 Å². The third-order valence-electron chi connectivity index (χ3n) is 17.9. The maximum atomic E-state index is 13.7. The molecular weight excluding hydrogens is 1370 g/mol. The number of amides is 5. The molecule has 0 aromatic heterocycles. The highest BCUT2D eigenvalue weighted by molar-refractivity contribution is 7.87. The van der Waals surface area contributed by atoms with Crippen LogP contribution in [0.2, 0.25) is 0 Å². The van der Waals surface area contributed by atoms with Crippen LogP contribution >= 0.6 is 0 Å². The molecule has 8 N–H and O–H groups in total. The lowest BCUT2D eigenvalue weighted by Crippen LogP contribution is -2.47. The summed E-state index contributed by atoms with van der Waals surface area (Å²) in [4.78, 5) is 80.2. The quantitative estimate of drug-likeness (QED) is 0.0221. The molecule has 8 rings (SSSR count). The Morgan fingerprint density at radius 2 is 1.24 bits per heavy atom. The molecule has 0 bridgehead atoms. The molecule has 1 saturated heterocycles. The minimum absolute atomic E-state index is 0.00344. The monoisotopic (exact) mass is 1450 g/mol. The summed E-state index contributed by atoms with van der Waals surface area (Å²) in [7, 11) is -24.8. The Kier molecular flexibility index (Phi) is 24.0. The summed E-state index contributed by atoms with van der Waals surface area (Å²) < 4.78 is 180. The number of carbonyl (C=O) groups is 6. The van der Waals surface area contributed by atoms with Crippen LogP contribution in [0.1, 0.15) is 160 Å². The summed E-state index contributed by atoms with van der Waals surface area (Å²) in [6.07, 6.45) is 13.8. The molecule has 1 fully saturated rings. The third-order valence-corrected chi connectivity index (χ3v) is 22.1. The maximum Gasteiger partial charge on any atom is 0.333 e. The summed E-state index contributed by atoms with van der Waals surface area (Å²) in [5, 5.41) is 9.11. The number of carbonyl (C=O) groups excluding carboxylic acids is 6. The van der Waals surface area contributed by atoms with Gasteiger partial charge in [-0.25, -0.2) is 4.79 Å². The minimum Gasteiger partial charge on any atom is -0.356 e. The van der Waals surface area contributed by atoms with Crippen molar-refractivity contribution in [3.63, 3.8) is 0 Å². The van der Waals surface area contributed by atoms with E-state index in [-0.39, 0.29) is 111 Å². The predicted molar refractivity (Wildman–Crippen MR) is 356 cm³/mol. The molecule has 0 spiro atoms. The fourth-order valence-electron chi connectivity index (χ4n) is 13.2. The highest BCUT2D eigenvalue weighted by atomic mass is 32.2. The molecule has 2 unspecified atom stereocenters. The number of nitrogens with one attached hydrogen (secondary N) is 3. The number of hydrogen-bond acceptors (Lipinski definition) is 18. The first-order valence-electron chi connectivity index (χ1n) is 31.9. The van der Waals surface area contributed by atoms with Crippen molar-refractivity contribution in [1.82, 2.24) is 21.0 Å². The van der Waals surface area contributed by atoms with Crippen molar-refractivity contribution in [1.29, 1.82) is 0 Å². The average molecular weight is 1450 g/mol. The van der Waals surface area contributed by atoms with Crippen molar-refractivity contribution in [2.75, 3.05) is 36.8 Å². The fraction of sp³-hybridized carbons (Fsp3) is 0.484. The van der Waals surface area contributed by atoms with E-state index in [1.165, 1.54) is 12.1 Å². The molecule has 5 amide bonds. The van der Waals surface area contributed by atoms with E-state index in [4.69, 9.17) is 4.84 Å². The van der Waals surface area contributed by atoms with E-state index in [9.17, 15) is 93.6 Å². The molecular formula is C64H81N6O22S5+. The molecule has 528 valence electrons. The number of hydrogen-bond donors (Lipinski definition) is 8. The summed E-state index contributed by atoms with van der Waals surface area (Å²) in [5.74, 6) is -3.62. The summed E-state index contributed by atoms with van der Waals surface area (Å²) >= 11 is 0. The van der Waals surface area contributed by atoms with Crippen LogP contribution in [-0.2, 0) is 95.0 Å². The maximum absolute atomic E-state index is 13.7. The number of anilines is 1. The second kappa shape index (κ2) is 30.8. The Bertz CT molecular complexity index is 4510. The molecule has 97 heavy (non-hydrogen) atoms. The van der Waals surface area contributed by atoms with Gasteiger partial charge in [-0.1, -0.05) is 43.6 Å². The van der Waals surface area contributed by atoms with Crippen molar-refractivity contribution < 1.29 is 103 Å². The average Bonchev–Trinajstić information content (AvgIpc) is 1.60. The highest BCUT2D eigenvalue weighted by Gasteiger charge is 2.47. The van der Waals surface area contributed by atoms with Crippen LogP contribution in [0.15, 0.2) is 104 Å². The SMILES string of the molecule is CC1(C)C2=[N+](CCCCCC(=O)NC(C(=O)NCCCCCC(=O)ON3C(=O)CCC3=O)CCCCNC(=O)CCCCCC3(C)/C(=C/C=C/C=C2)N(CCCCS(=O)(=O)O)c2ccc4c(S(=O)(=O)O)cc(S(=O)(=O)O)cc4c23)c2ccc3c(S(=O)(=O)O)cc(S(=O)(=O)O)cc3c21. The summed E-state index contributed by atoms with van der Waals surface area (Å²) in [6, 6.07) is 8.59. The van der Waals surface area contributed by atoms with Crippen LogP contribution in [0.25, 0.3) is 21.5 Å². The Labute approximate surface area is 563 Å². The van der Waals surface area contributed by atoms with Crippen LogP contribution < -0.4 is 20.9 Å². The summed E-state index contributed by atoms with van der Waals surface area (Å²) in [5.41, 5.74) is 0.678. The first kappa shape index (κ1) is 75.4. The zero-order chi connectivity index (χ0) is 71.1. The number of hydroxylamine groups is 2. The lowest BCUT2D eigenvalue weighted by Gasteiger charge is -2.31. The molecule has 4 aromatic rings. The molecule has 0 aliphatic carbocycles. The number of allylic oxidation sites excluding steroid dienone is 6. The van der Waals surface area contributed by atoms with Gasteiger partial charge in [0.25, 0.3) is 62.4 Å². The zero-order valence-corrected chi connectivity index (χ0v) is 57.9. The first-order chi connectivity index (χ1) is 45.4. The largest absolute Gasteiger partial charge is 0.356 e. The molecule has 33 heteroatoms. The number of nitrogens with zero attached hydrogens (tertiary/aromatic N) is 3. The Morgan fingerprint density at radius 3 is 1.86 bits per heavy atom. The van der Waals surface area contributed by atoms with Gasteiger partial charge >= 0.3 is 5.97 Å². The van der Waals surface area contributed by atoms with E-state index in [1.807, 2.05) is 30.2 Å². The van der Waals surface area contributed by atoms with Crippen molar-refractivity contribution in [3.05, 3.63) is 95.7 Å². The van der Waals surface area contributed by atoms with Crippen molar-refractivity contribution >= 4 is 125 Å². The molecule has 2 atom stereocenters. The van der Waals surface area contributed by atoms with Gasteiger partial charge in [0.1, 0.15) is 22.4 Å². The van der Waals surface area contributed by atoms with E-state index in [1.54, 1.807) is 42.5 Å². The van der Waals surface area contributed by atoms with Crippen molar-refractivity contribution in [2.24, 2.45) is 0 Å². The number of imide groups is 1. The van der Waals surface area contributed by atoms with E-state index < -0.39 is 122 Å². The molecule has 4 heterocycles. The fourth-order valence-corrected chi connectivity index (χ4v) is 16.5. The van der Waals surface area contributed by atoms with Crippen molar-refractivity contribution in [3.8, 4) is 0 Å². The Morgan fingerprint density at radius 1 is 0.629 bits per heavy atom. The number of unbranched alkanes of at least 4 members (excludes halogenated alkanes) is 3. The van der Waals surface area contributed by atoms with Gasteiger partial charge in [-0.3, -0.25) is 46.7 Å². The number of benzene rings is 4. The van der Waals surface area contributed by atoms with Crippen LogP contribution in [0.3, 0.4) is 0 Å². The van der Waals surface area contributed by atoms with E-state index in [0.717, 1.165) is 12.1 Å². The first-order valence-corrected chi connectivity index (χ1v) is 39.2. The standard InChI is InChI=1S/C64H80N6O22S5/c1-63(2)53-21-8-4-9-22-54-64(3,61-47-39-43(95(83,84)85)41-52(97(89,90)91)45(47)27-29-50(61)69(54)36-18-19-37-93(77,78)79)32-14-5-10-23-55(71)65-33-16-13-20-48(62(76)66-34-15-6-12-25-59(75)92-70-57(73)30-31-58(70)74)67-56(72)24-11-7-17-35-68(53)49-28-26-44-46(60(49)63)38-42(94(80,81)82)40-51(44)96(86,87)88/h4,8-9,21-22,26-29,38-41,48H,5-7,10-20,23-25,30-37H2,1-3H3,(H7-,65,66,67,71,72,76,77,78,79,80,81,82,83,84,85,86,87,88,89,90,91)/p+1. The van der Waals surface area contributed by atoms with Crippen LogP contribution in [0, 0.1) is 0 Å². The van der Waals surface area contributed by atoms with Gasteiger partial charge in [0.15, 0.2) is 5.71 Å². The lowest BCUT2D eigenvalue weighted by atomic mass is 9.75. The molecule has 28 nitrogen and oxygen atoms in total. The van der Waals surface area contributed by atoms with E-state index >= 15 is 0 Å². The highest BCUT2D eigenvalue weighted by Crippen LogP contribution is 2.55. The smallest absolute Gasteiger partial charge is 0.333 e. The second-order valence-electron chi connectivity index (χ2n) is 25.3. The van der Waals surface area contributed by atoms with Crippen LogP contribution in [-0.4, -0.2) is 154 Å². The minimum atomic E-state index is -5.15. The van der Waals surface area contributed by atoms with Gasteiger partial charge in [-0.2, -0.15) is 46.7 Å². The third kappa shape index (κ3) is 18.5. The van der Waals surface area contributed by atoms with Crippen LogP contribution in [0.5, 0.6) is 0 Å². The lowest BCUT2D eigenvalue weighted by molar-refractivity contribution is -0.438. The van der Waals surface area contributed by atoms with Crippen LogP contribution in [0.4, 0.5) is 11.4 Å². The van der Waals surface area contributed by atoms with Crippen molar-refractivity contribution in [2.45, 2.75) is 186 Å². The Hall–Kier alpha value is -7.34. The zero-order valence-electron chi connectivity index (χ0n) is 53.8. The van der Waals surface area contributed by atoms with Gasteiger partial charge in [-0.05, 0) is 150 Å². The van der Waals surface area contributed by atoms with Gasteiger partial charge in [0, 0.05) is 103 Å². The number of fused-ring (bicyclic) bond motifs is 9. The van der Waals surface area contributed by atoms with Gasteiger partial charge in [0.05, 0.1) is 21.0 Å². The number of rotatable bonds is 17.